The lowest BCUT2D eigenvalue weighted by Crippen LogP contribution is -2.27. The maximum absolute atomic E-state index is 11.8. The molecule has 0 spiro atoms. The Morgan fingerprint density at radius 2 is 2.00 bits per heavy atom. The van der Waals surface area contributed by atoms with Crippen LogP contribution < -0.4 is 10.6 Å². The number of amides is 2. The summed E-state index contributed by atoms with van der Waals surface area (Å²) in [6.45, 7) is 0.607. The van der Waals surface area contributed by atoms with Crippen molar-refractivity contribution in [1.29, 1.82) is 0 Å². The quantitative estimate of drug-likeness (QED) is 0.586. The van der Waals surface area contributed by atoms with E-state index in [-0.39, 0.29) is 18.4 Å². The van der Waals surface area contributed by atoms with Crippen LogP contribution in [0.15, 0.2) is 46.6 Å². The van der Waals surface area contributed by atoms with E-state index in [0.717, 1.165) is 5.56 Å². The van der Waals surface area contributed by atoms with E-state index in [1.54, 1.807) is 30.6 Å². The number of nitrogens with zero attached hydrogens (tertiary/aromatic N) is 3. The Bertz CT molecular complexity index is 848. The molecule has 0 bridgehead atoms. The molecular formula is C17H17N5O3S. The zero-order valence-electron chi connectivity index (χ0n) is 13.8. The third kappa shape index (κ3) is 4.96. The van der Waals surface area contributed by atoms with E-state index in [2.05, 4.69) is 25.8 Å². The second kappa shape index (κ2) is 8.86. The number of nitrogens with one attached hydrogen (secondary N) is 2. The van der Waals surface area contributed by atoms with Gasteiger partial charge in [0.2, 0.25) is 17.6 Å². The van der Waals surface area contributed by atoms with Crippen molar-refractivity contribution in [2.24, 2.45) is 0 Å². The molecule has 9 heteroatoms. The number of thiophene rings is 1. The first-order valence-corrected chi connectivity index (χ1v) is 8.92. The zero-order valence-corrected chi connectivity index (χ0v) is 14.7. The molecule has 2 N–H and O–H groups in total. The van der Waals surface area contributed by atoms with Gasteiger partial charge in [-0.1, -0.05) is 11.2 Å². The molecule has 0 aliphatic rings. The van der Waals surface area contributed by atoms with Crippen molar-refractivity contribution in [2.75, 3.05) is 6.54 Å². The van der Waals surface area contributed by atoms with Crippen molar-refractivity contribution in [3.63, 3.8) is 0 Å². The second-order valence-electron chi connectivity index (χ2n) is 5.36. The molecule has 0 saturated carbocycles. The molecule has 134 valence electrons. The minimum atomic E-state index is -0.140. The van der Waals surface area contributed by atoms with Gasteiger partial charge in [-0.3, -0.25) is 14.6 Å². The van der Waals surface area contributed by atoms with E-state index < -0.39 is 0 Å². The molecule has 0 aliphatic heterocycles. The standard InChI is InChI=1S/C17H17N5O3S/c23-14(4-1-7-19-17(24)13-3-2-10-26-13)20-11-15-21-16(22-25-15)12-5-8-18-9-6-12/h2-3,5-6,8-10H,1,4,7,11H2,(H,19,24)(H,20,23). The van der Waals surface area contributed by atoms with Crippen molar-refractivity contribution in [1.82, 2.24) is 25.8 Å². The van der Waals surface area contributed by atoms with E-state index in [9.17, 15) is 9.59 Å². The molecule has 0 unspecified atom stereocenters. The van der Waals surface area contributed by atoms with Gasteiger partial charge >= 0.3 is 0 Å². The molecule has 0 saturated heterocycles. The molecular weight excluding hydrogens is 354 g/mol. The van der Waals surface area contributed by atoms with Crippen molar-refractivity contribution < 1.29 is 14.1 Å². The van der Waals surface area contributed by atoms with Gasteiger partial charge in [0.05, 0.1) is 11.4 Å². The van der Waals surface area contributed by atoms with Crippen LogP contribution in [0, 0.1) is 0 Å². The van der Waals surface area contributed by atoms with Crippen molar-refractivity contribution in [3.8, 4) is 11.4 Å². The van der Waals surface area contributed by atoms with Crippen LogP contribution in [-0.2, 0) is 11.3 Å². The van der Waals surface area contributed by atoms with Crippen LogP contribution in [0.3, 0.4) is 0 Å². The first-order valence-electron chi connectivity index (χ1n) is 8.04. The van der Waals surface area contributed by atoms with Gasteiger partial charge in [-0.25, -0.2) is 0 Å². The number of hydrogen-bond donors (Lipinski definition) is 2. The predicted molar refractivity (Wildman–Crippen MR) is 95.3 cm³/mol. The van der Waals surface area contributed by atoms with Crippen LogP contribution in [0.5, 0.6) is 0 Å². The summed E-state index contributed by atoms with van der Waals surface area (Å²) in [6.07, 6.45) is 4.14. The molecule has 3 heterocycles. The minimum absolute atomic E-state index is 0.116. The Hall–Kier alpha value is -3.07. The van der Waals surface area contributed by atoms with Gasteiger partial charge in [0.25, 0.3) is 5.91 Å². The summed E-state index contributed by atoms with van der Waals surface area (Å²) in [7, 11) is 0. The van der Waals surface area contributed by atoms with Gasteiger partial charge in [-0.05, 0) is 30.0 Å². The molecule has 3 aromatic rings. The number of pyridine rings is 1. The highest BCUT2D eigenvalue weighted by atomic mass is 32.1. The van der Waals surface area contributed by atoms with Crippen molar-refractivity contribution in [3.05, 3.63) is 52.8 Å². The maximum atomic E-state index is 11.8. The summed E-state index contributed by atoms with van der Waals surface area (Å²) in [6, 6.07) is 7.14. The van der Waals surface area contributed by atoms with E-state index in [4.69, 9.17) is 4.52 Å². The highest BCUT2D eigenvalue weighted by Crippen LogP contribution is 2.13. The van der Waals surface area contributed by atoms with E-state index in [1.165, 1.54) is 11.3 Å². The normalized spacial score (nSPS) is 10.5. The number of aromatic nitrogens is 3. The van der Waals surface area contributed by atoms with Crippen LogP contribution >= 0.6 is 11.3 Å². The Morgan fingerprint density at radius 1 is 1.15 bits per heavy atom. The van der Waals surface area contributed by atoms with E-state index in [0.29, 0.717) is 36.0 Å². The highest BCUT2D eigenvalue weighted by Gasteiger charge is 2.10. The van der Waals surface area contributed by atoms with Gasteiger partial charge in [-0.2, -0.15) is 4.98 Å². The molecule has 2 amide bonds. The van der Waals surface area contributed by atoms with Crippen LogP contribution in [0.1, 0.15) is 28.4 Å². The van der Waals surface area contributed by atoms with E-state index in [1.807, 2.05) is 11.4 Å². The van der Waals surface area contributed by atoms with Crippen LogP contribution in [0.25, 0.3) is 11.4 Å². The maximum Gasteiger partial charge on any atom is 0.261 e. The lowest BCUT2D eigenvalue weighted by molar-refractivity contribution is -0.121. The Labute approximate surface area is 153 Å². The average Bonchev–Trinajstić information content (AvgIpc) is 3.36. The lowest BCUT2D eigenvalue weighted by atomic mass is 10.2. The molecule has 0 fully saturated rings. The fourth-order valence-electron chi connectivity index (χ4n) is 2.15. The number of rotatable bonds is 8. The summed E-state index contributed by atoms with van der Waals surface area (Å²) >= 11 is 1.38. The fourth-order valence-corrected chi connectivity index (χ4v) is 2.79. The molecule has 0 aromatic carbocycles. The lowest BCUT2D eigenvalue weighted by Gasteiger charge is -2.04. The zero-order chi connectivity index (χ0) is 18.2. The van der Waals surface area contributed by atoms with Crippen molar-refractivity contribution in [2.45, 2.75) is 19.4 Å². The van der Waals surface area contributed by atoms with Gasteiger partial charge in [0.15, 0.2) is 0 Å². The van der Waals surface area contributed by atoms with Gasteiger partial charge in [0, 0.05) is 30.9 Å². The highest BCUT2D eigenvalue weighted by molar-refractivity contribution is 7.12. The summed E-state index contributed by atoms with van der Waals surface area (Å²) in [5.74, 6) is 0.526. The van der Waals surface area contributed by atoms with Crippen LogP contribution in [-0.4, -0.2) is 33.5 Å². The summed E-state index contributed by atoms with van der Waals surface area (Å²) in [5, 5.41) is 11.2. The third-order valence-corrected chi connectivity index (χ3v) is 4.32. The van der Waals surface area contributed by atoms with Gasteiger partial charge in [0.1, 0.15) is 0 Å². The Morgan fingerprint density at radius 3 is 2.77 bits per heavy atom. The fraction of sp³-hybridized carbons (Fsp3) is 0.235. The van der Waals surface area contributed by atoms with Crippen molar-refractivity contribution >= 4 is 23.2 Å². The summed E-state index contributed by atoms with van der Waals surface area (Å²) in [4.78, 5) is 32.4. The van der Waals surface area contributed by atoms with Gasteiger partial charge < -0.3 is 15.2 Å². The van der Waals surface area contributed by atoms with E-state index >= 15 is 0 Å². The SMILES string of the molecule is O=C(CCCNC(=O)c1cccs1)NCc1nc(-c2ccncc2)no1. The first kappa shape index (κ1) is 17.7. The van der Waals surface area contributed by atoms with Crippen LogP contribution in [0.2, 0.25) is 0 Å². The molecule has 0 atom stereocenters. The number of carbonyl (C=O) groups excluding carboxylic acids is 2. The Kier molecular flexibility index (Phi) is 6.05. The molecule has 0 aliphatic carbocycles. The summed E-state index contributed by atoms with van der Waals surface area (Å²) < 4.78 is 5.12. The first-order chi connectivity index (χ1) is 12.7. The number of carbonyl (C=O) groups is 2. The molecule has 0 radical (unpaired) electrons. The predicted octanol–water partition coefficient (Wildman–Crippen LogP) is 2.02. The average molecular weight is 371 g/mol. The van der Waals surface area contributed by atoms with Crippen LogP contribution in [0.4, 0.5) is 0 Å². The smallest absolute Gasteiger partial charge is 0.261 e. The second-order valence-corrected chi connectivity index (χ2v) is 6.31. The molecule has 3 rings (SSSR count). The van der Waals surface area contributed by atoms with Gasteiger partial charge in [-0.15, -0.1) is 11.3 Å². The Balaban J connectivity index is 1.35. The largest absolute Gasteiger partial charge is 0.351 e. The summed E-state index contributed by atoms with van der Waals surface area (Å²) in [5.41, 5.74) is 0.794. The molecule has 8 nitrogen and oxygen atoms in total. The topological polar surface area (TPSA) is 110 Å². The number of hydrogen-bond acceptors (Lipinski definition) is 7. The third-order valence-electron chi connectivity index (χ3n) is 3.45. The molecule has 3 aromatic heterocycles. The minimum Gasteiger partial charge on any atom is -0.351 e. The molecule has 26 heavy (non-hydrogen) atoms. The monoisotopic (exact) mass is 371 g/mol.